The van der Waals surface area contributed by atoms with Crippen LogP contribution >= 0.6 is 11.8 Å². The zero-order chi connectivity index (χ0) is 17.9. The lowest BCUT2D eigenvalue weighted by atomic mass is 10.2. The fraction of sp³-hybridized carbons (Fsp3) is 0.438. The van der Waals surface area contributed by atoms with Crippen molar-refractivity contribution in [3.8, 4) is 0 Å². The maximum absolute atomic E-state index is 12.1. The van der Waals surface area contributed by atoms with Crippen LogP contribution in [-0.4, -0.2) is 69.4 Å². The molecular weight excluding hydrogens is 332 g/mol. The van der Waals surface area contributed by atoms with Crippen LogP contribution < -0.4 is 5.32 Å². The van der Waals surface area contributed by atoms with E-state index in [9.17, 15) is 14.4 Å². The number of esters is 1. The van der Waals surface area contributed by atoms with Crippen LogP contribution in [0.15, 0.2) is 29.2 Å². The summed E-state index contributed by atoms with van der Waals surface area (Å²) in [7, 11) is 4.87. The quantitative estimate of drug-likeness (QED) is 0.401. The van der Waals surface area contributed by atoms with Crippen molar-refractivity contribution in [2.45, 2.75) is 4.90 Å². The molecule has 1 aromatic carbocycles. The molecule has 0 aromatic heterocycles. The minimum atomic E-state index is -0.600. The summed E-state index contributed by atoms with van der Waals surface area (Å²) in [5.74, 6) is -0.833. The summed E-state index contributed by atoms with van der Waals surface area (Å²) in [5, 5.41) is 2.56. The summed E-state index contributed by atoms with van der Waals surface area (Å²) in [6.45, 7) is 0.378. The molecule has 0 saturated heterocycles. The number of hydrogen-bond donors (Lipinski definition) is 1. The molecule has 0 unspecified atom stereocenters. The molecule has 8 heteroatoms. The van der Waals surface area contributed by atoms with E-state index in [1.807, 2.05) is 0 Å². The fourth-order valence-electron chi connectivity index (χ4n) is 1.58. The Labute approximate surface area is 145 Å². The van der Waals surface area contributed by atoms with Crippen LogP contribution in [0.25, 0.3) is 0 Å². The number of carbonyl (C=O) groups is 3. The average molecular weight is 354 g/mol. The van der Waals surface area contributed by atoms with E-state index in [1.165, 1.54) is 23.8 Å². The predicted molar refractivity (Wildman–Crippen MR) is 91.0 cm³/mol. The van der Waals surface area contributed by atoms with Crippen LogP contribution in [0.2, 0.25) is 0 Å². The molecule has 0 aliphatic rings. The van der Waals surface area contributed by atoms with Gasteiger partial charge in [-0.1, -0.05) is 12.1 Å². The van der Waals surface area contributed by atoms with Crippen molar-refractivity contribution in [2.75, 3.05) is 46.7 Å². The molecule has 1 N–H and O–H groups in total. The first-order valence-corrected chi connectivity index (χ1v) is 8.29. The number of ether oxygens (including phenoxy) is 2. The number of amides is 2. The molecular formula is C16H22N2O5S. The van der Waals surface area contributed by atoms with Gasteiger partial charge in [-0.2, -0.15) is 0 Å². The normalized spacial score (nSPS) is 10.1. The second-order valence-corrected chi connectivity index (χ2v) is 6.01. The Hall–Kier alpha value is -2.06. The summed E-state index contributed by atoms with van der Waals surface area (Å²) in [5.41, 5.74) is 0.332. The van der Waals surface area contributed by atoms with Gasteiger partial charge in [-0.15, -0.1) is 11.8 Å². The summed E-state index contributed by atoms with van der Waals surface area (Å²) >= 11 is 1.25. The number of thioether (sulfide) groups is 1. The molecule has 7 nitrogen and oxygen atoms in total. The first kappa shape index (κ1) is 20.0. The second-order valence-electron chi connectivity index (χ2n) is 4.99. The van der Waals surface area contributed by atoms with Crippen LogP contribution in [0, 0.1) is 0 Å². The average Bonchev–Trinajstić information content (AvgIpc) is 2.57. The van der Waals surface area contributed by atoms with E-state index < -0.39 is 11.9 Å². The van der Waals surface area contributed by atoms with Gasteiger partial charge in [0.1, 0.15) is 0 Å². The minimum absolute atomic E-state index is 0.0549. The van der Waals surface area contributed by atoms with Crippen molar-refractivity contribution in [2.24, 2.45) is 0 Å². The zero-order valence-electron chi connectivity index (χ0n) is 14.0. The Morgan fingerprint density at radius 1 is 1.21 bits per heavy atom. The fourth-order valence-corrected chi connectivity index (χ4v) is 2.60. The van der Waals surface area contributed by atoms with Gasteiger partial charge < -0.3 is 19.7 Å². The van der Waals surface area contributed by atoms with Gasteiger partial charge in [-0.05, 0) is 12.1 Å². The minimum Gasteiger partial charge on any atom is -0.452 e. The van der Waals surface area contributed by atoms with Crippen molar-refractivity contribution < 1.29 is 23.9 Å². The molecule has 2 amide bonds. The second kappa shape index (κ2) is 10.7. The zero-order valence-corrected chi connectivity index (χ0v) is 14.9. The van der Waals surface area contributed by atoms with E-state index in [0.29, 0.717) is 23.6 Å². The van der Waals surface area contributed by atoms with Crippen molar-refractivity contribution in [3.05, 3.63) is 29.8 Å². The lowest BCUT2D eigenvalue weighted by molar-refractivity contribution is -0.126. The Bertz CT molecular complexity index is 577. The Morgan fingerprint density at radius 3 is 2.58 bits per heavy atom. The topological polar surface area (TPSA) is 84.9 Å². The number of nitrogens with zero attached hydrogens (tertiary/aromatic N) is 1. The first-order chi connectivity index (χ1) is 11.5. The highest BCUT2D eigenvalue weighted by Gasteiger charge is 2.15. The maximum atomic E-state index is 12.1. The van der Waals surface area contributed by atoms with Crippen LogP contribution in [-0.2, 0) is 19.1 Å². The number of carbonyl (C=O) groups excluding carboxylic acids is 3. The Morgan fingerprint density at radius 2 is 1.92 bits per heavy atom. The van der Waals surface area contributed by atoms with Crippen LogP contribution in [0.4, 0.5) is 0 Å². The van der Waals surface area contributed by atoms with Gasteiger partial charge in [-0.3, -0.25) is 9.59 Å². The molecule has 24 heavy (non-hydrogen) atoms. The SMILES string of the molecule is COCCNC(=O)COC(=O)c1ccccc1SCC(=O)N(C)C. The van der Waals surface area contributed by atoms with Gasteiger partial charge in [0.2, 0.25) is 5.91 Å². The molecule has 0 heterocycles. The molecule has 0 aliphatic carbocycles. The highest BCUT2D eigenvalue weighted by molar-refractivity contribution is 8.00. The third-order valence-electron chi connectivity index (χ3n) is 2.92. The summed E-state index contributed by atoms with van der Waals surface area (Å²) in [4.78, 5) is 37.5. The van der Waals surface area contributed by atoms with E-state index in [-0.39, 0.29) is 18.3 Å². The van der Waals surface area contributed by atoms with Gasteiger partial charge in [0.15, 0.2) is 6.61 Å². The highest BCUT2D eigenvalue weighted by Crippen LogP contribution is 2.23. The number of methoxy groups -OCH3 is 1. The van der Waals surface area contributed by atoms with Crippen molar-refractivity contribution in [1.82, 2.24) is 10.2 Å². The first-order valence-electron chi connectivity index (χ1n) is 7.30. The van der Waals surface area contributed by atoms with Crippen molar-refractivity contribution >= 4 is 29.5 Å². The van der Waals surface area contributed by atoms with E-state index in [1.54, 1.807) is 38.4 Å². The maximum Gasteiger partial charge on any atom is 0.339 e. The van der Waals surface area contributed by atoms with Crippen molar-refractivity contribution in [1.29, 1.82) is 0 Å². The Kier molecular flexibility index (Phi) is 8.88. The summed E-state index contributed by atoms with van der Waals surface area (Å²) in [6, 6.07) is 6.82. The number of hydrogen-bond acceptors (Lipinski definition) is 6. The van der Waals surface area contributed by atoms with Gasteiger partial charge in [-0.25, -0.2) is 4.79 Å². The third-order valence-corrected chi connectivity index (χ3v) is 3.98. The van der Waals surface area contributed by atoms with Crippen molar-refractivity contribution in [3.63, 3.8) is 0 Å². The molecule has 0 bridgehead atoms. The van der Waals surface area contributed by atoms with Gasteiger partial charge in [0.25, 0.3) is 5.91 Å². The monoisotopic (exact) mass is 354 g/mol. The molecule has 0 radical (unpaired) electrons. The van der Waals surface area contributed by atoms with E-state index >= 15 is 0 Å². The highest BCUT2D eigenvalue weighted by atomic mass is 32.2. The Balaban J connectivity index is 2.57. The van der Waals surface area contributed by atoms with Crippen LogP contribution in [0.3, 0.4) is 0 Å². The standard InChI is InChI=1S/C16H22N2O5S/c1-18(2)15(20)11-24-13-7-5-4-6-12(13)16(21)23-10-14(19)17-8-9-22-3/h4-7H,8-11H2,1-3H3,(H,17,19). The molecule has 1 rings (SSSR count). The number of nitrogens with one attached hydrogen (secondary N) is 1. The summed E-state index contributed by atoms with van der Waals surface area (Å²) < 4.78 is 9.82. The molecule has 0 saturated carbocycles. The summed E-state index contributed by atoms with van der Waals surface area (Å²) in [6.07, 6.45) is 0. The molecule has 0 spiro atoms. The molecule has 0 atom stereocenters. The lowest BCUT2D eigenvalue weighted by Gasteiger charge is -2.12. The molecule has 132 valence electrons. The van der Waals surface area contributed by atoms with Crippen LogP contribution in [0.1, 0.15) is 10.4 Å². The predicted octanol–water partition coefficient (Wildman–Crippen LogP) is 0.786. The van der Waals surface area contributed by atoms with E-state index in [0.717, 1.165) is 0 Å². The van der Waals surface area contributed by atoms with E-state index in [2.05, 4.69) is 5.32 Å². The van der Waals surface area contributed by atoms with Crippen LogP contribution in [0.5, 0.6) is 0 Å². The van der Waals surface area contributed by atoms with Gasteiger partial charge in [0, 0.05) is 32.6 Å². The third kappa shape index (κ3) is 7.01. The van der Waals surface area contributed by atoms with E-state index in [4.69, 9.17) is 9.47 Å². The number of rotatable bonds is 9. The molecule has 1 aromatic rings. The molecule has 0 fully saturated rings. The number of benzene rings is 1. The molecule has 0 aliphatic heterocycles. The smallest absolute Gasteiger partial charge is 0.339 e. The largest absolute Gasteiger partial charge is 0.452 e. The lowest BCUT2D eigenvalue weighted by Crippen LogP contribution is -2.31. The van der Waals surface area contributed by atoms with Gasteiger partial charge in [0.05, 0.1) is 17.9 Å². The van der Waals surface area contributed by atoms with Gasteiger partial charge >= 0.3 is 5.97 Å².